The molecule has 0 bridgehead atoms. The second-order valence-electron chi connectivity index (χ2n) is 5.65. The van der Waals surface area contributed by atoms with Crippen LogP contribution in [0.5, 0.6) is 0 Å². The summed E-state index contributed by atoms with van der Waals surface area (Å²) in [6, 6.07) is 7.77. The molecule has 1 aliphatic carbocycles. The third kappa shape index (κ3) is 3.14. The Labute approximate surface area is 123 Å². The van der Waals surface area contributed by atoms with Crippen LogP contribution >= 0.6 is 0 Å². The first-order chi connectivity index (χ1) is 10.3. The summed E-state index contributed by atoms with van der Waals surface area (Å²) in [6.07, 6.45) is 6.19. The molecule has 1 aliphatic rings. The molecule has 0 saturated heterocycles. The summed E-state index contributed by atoms with van der Waals surface area (Å²) >= 11 is 0. The lowest BCUT2D eigenvalue weighted by Crippen LogP contribution is -2.40. The average Bonchev–Trinajstić information content (AvgIpc) is 2.43. The first-order valence-corrected chi connectivity index (χ1v) is 7.60. The van der Waals surface area contributed by atoms with Crippen molar-refractivity contribution in [3.8, 4) is 0 Å². The van der Waals surface area contributed by atoms with Crippen molar-refractivity contribution >= 4 is 5.65 Å². The van der Waals surface area contributed by atoms with Gasteiger partial charge in [-0.2, -0.15) is 0 Å². The molecule has 0 unspecified atom stereocenters. The molecule has 112 valence electrons. The van der Waals surface area contributed by atoms with Gasteiger partial charge in [0, 0.05) is 38.0 Å². The average molecular weight is 287 g/mol. The summed E-state index contributed by atoms with van der Waals surface area (Å²) in [5.74, 6) is 0. The number of fused-ring (bicyclic) bond motifs is 1. The van der Waals surface area contributed by atoms with E-state index < -0.39 is 0 Å². The minimum Gasteiger partial charge on any atom is -0.396 e. The number of aliphatic hydroxyl groups excluding tert-OH is 1. The Bertz CT molecular complexity index is 664. The van der Waals surface area contributed by atoms with Gasteiger partial charge >= 0.3 is 0 Å². The Morgan fingerprint density at radius 3 is 2.95 bits per heavy atom. The molecule has 1 N–H and O–H groups in total. The van der Waals surface area contributed by atoms with E-state index in [1.165, 1.54) is 19.3 Å². The molecule has 21 heavy (non-hydrogen) atoms. The molecule has 0 aromatic carbocycles. The SMILES string of the molecule is O=c1cc(CN(CCCO)C2CCC2)nc2ccccn12. The van der Waals surface area contributed by atoms with Crippen LogP contribution in [-0.2, 0) is 6.54 Å². The summed E-state index contributed by atoms with van der Waals surface area (Å²) in [6.45, 7) is 1.75. The molecule has 2 heterocycles. The minimum absolute atomic E-state index is 0.0358. The zero-order valence-electron chi connectivity index (χ0n) is 12.1. The monoisotopic (exact) mass is 287 g/mol. The summed E-state index contributed by atoms with van der Waals surface area (Å²) in [7, 11) is 0. The second-order valence-corrected chi connectivity index (χ2v) is 5.65. The molecule has 0 spiro atoms. The topological polar surface area (TPSA) is 57.8 Å². The zero-order chi connectivity index (χ0) is 14.7. The van der Waals surface area contributed by atoms with Gasteiger partial charge in [-0.25, -0.2) is 4.98 Å². The third-order valence-corrected chi connectivity index (χ3v) is 4.18. The molecule has 3 rings (SSSR count). The van der Waals surface area contributed by atoms with Crippen molar-refractivity contribution in [2.24, 2.45) is 0 Å². The van der Waals surface area contributed by atoms with Crippen molar-refractivity contribution in [2.75, 3.05) is 13.2 Å². The van der Waals surface area contributed by atoms with Crippen LogP contribution in [0.4, 0.5) is 0 Å². The fourth-order valence-corrected chi connectivity index (χ4v) is 2.81. The van der Waals surface area contributed by atoms with Gasteiger partial charge in [-0.05, 0) is 31.4 Å². The van der Waals surface area contributed by atoms with Crippen molar-refractivity contribution < 1.29 is 5.11 Å². The first-order valence-electron chi connectivity index (χ1n) is 7.60. The van der Waals surface area contributed by atoms with E-state index in [1.54, 1.807) is 16.7 Å². The Kier molecular flexibility index (Phi) is 4.31. The Morgan fingerprint density at radius 2 is 2.24 bits per heavy atom. The van der Waals surface area contributed by atoms with Gasteiger partial charge < -0.3 is 5.11 Å². The van der Waals surface area contributed by atoms with E-state index >= 15 is 0 Å². The van der Waals surface area contributed by atoms with Crippen molar-refractivity contribution in [2.45, 2.75) is 38.3 Å². The van der Waals surface area contributed by atoms with Crippen molar-refractivity contribution in [3.63, 3.8) is 0 Å². The van der Waals surface area contributed by atoms with Gasteiger partial charge in [0.25, 0.3) is 5.56 Å². The van der Waals surface area contributed by atoms with Crippen LogP contribution < -0.4 is 5.56 Å². The number of rotatable bonds is 6. The largest absolute Gasteiger partial charge is 0.396 e. The van der Waals surface area contributed by atoms with E-state index in [4.69, 9.17) is 5.11 Å². The lowest BCUT2D eigenvalue weighted by Gasteiger charge is -2.37. The number of nitrogens with zero attached hydrogens (tertiary/aromatic N) is 3. The highest BCUT2D eigenvalue weighted by Crippen LogP contribution is 2.26. The zero-order valence-corrected chi connectivity index (χ0v) is 12.1. The number of aliphatic hydroxyl groups is 1. The summed E-state index contributed by atoms with van der Waals surface area (Å²) in [5.41, 5.74) is 1.47. The van der Waals surface area contributed by atoms with Gasteiger partial charge in [0.15, 0.2) is 0 Å². The summed E-state index contributed by atoms with van der Waals surface area (Å²) < 4.78 is 1.56. The molecule has 2 aromatic heterocycles. The maximum Gasteiger partial charge on any atom is 0.258 e. The predicted octanol–water partition coefficient (Wildman–Crippen LogP) is 1.43. The third-order valence-electron chi connectivity index (χ3n) is 4.18. The number of pyridine rings is 1. The summed E-state index contributed by atoms with van der Waals surface area (Å²) in [4.78, 5) is 19.0. The van der Waals surface area contributed by atoms with E-state index in [1.807, 2.05) is 18.2 Å². The molecule has 0 aliphatic heterocycles. The van der Waals surface area contributed by atoms with Crippen molar-refractivity contribution in [1.82, 2.24) is 14.3 Å². The molecule has 1 fully saturated rings. The Hall–Kier alpha value is -1.72. The van der Waals surface area contributed by atoms with E-state index in [2.05, 4.69) is 9.88 Å². The van der Waals surface area contributed by atoms with Crippen LogP contribution in [0.15, 0.2) is 35.3 Å². The highest BCUT2D eigenvalue weighted by Gasteiger charge is 2.25. The molecule has 0 radical (unpaired) electrons. The fourth-order valence-electron chi connectivity index (χ4n) is 2.81. The maximum atomic E-state index is 12.1. The number of hydrogen-bond acceptors (Lipinski definition) is 4. The van der Waals surface area contributed by atoms with Crippen LogP contribution in [0.25, 0.3) is 5.65 Å². The normalized spacial score (nSPS) is 15.5. The predicted molar refractivity (Wildman–Crippen MR) is 81.2 cm³/mol. The molecule has 0 atom stereocenters. The van der Waals surface area contributed by atoms with Crippen LogP contribution in [-0.4, -0.2) is 38.6 Å². The van der Waals surface area contributed by atoms with Crippen molar-refractivity contribution in [3.05, 3.63) is 46.5 Å². The lowest BCUT2D eigenvalue weighted by atomic mass is 9.91. The van der Waals surface area contributed by atoms with E-state index in [0.29, 0.717) is 18.2 Å². The standard InChI is InChI=1S/C16H21N3O2/c20-10-4-8-18(14-5-3-6-14)12-13-11-16(21)19-9-2-1-7-15(19)17-13/h1-2,7,9,11,14,20H,3-6,8,10,12H2. The molecule has 1 saturated carbocycles. The number of hydrogen-bond donors (Lipinski definition) is 1. The summed E-state index contributed by atoms with van der Waals surface area (Å²) in [5, 5.41) is 9.04. The van der Waals surface area contributed by atoms with Gasteiger partial charge in [0.2, 0.25) is 0 Å². The van der Waals surface area contributed by atoms with Gasteiger partial charge in [-0.1, -0.05) is 12.5 Å². The van der Waals surface area contributed by atoms with E-state index in [0.717, 1.165) is 18.7 Å². The lowest BCUT2D eigenvalue weighted by molar-refractivity contribution is 0.108. The molecular formula is C16H21N3O2. The van der Waals surface area contributed by atoms with E-state index in [-0.39, 0.29) is 12.2 Å². The van der Waals surface area contributed by atoms with Gasteiger partial charge in [-0.15, -0.1) is 0 Å². The smallest absolute Gasteiger partial charge is 0.258 e. The van der Waals surface area contributed by atoms with E-state index in [9.17, 15) is 4.79 Å². The molecule has 5 heteroatoms. The van der Waals surface area contributed by atoms with Crippen LogP contribution in [0.3, 0.4) is 0 Å². The molecule has 5 nitrogen and oxygen atoms in total. The highest BCUT2D eigenvalue weighted by molar-refractivity contribution is 5.37. The quantitative estimate of drug-likeness (QED) is 0.873. The van der Waals surface area contributed by atoms with Crippen molar-refractivity contribution in [1.29, 1.82) is 0 Å². The van der Waals surface area contributed by atoms with Crippen LogP contribution in [0.1, 0.15) is 31.4 Å². The molecule has 2 aromatic rings. The fraction of sp³-hybridized carbons (Fsp3) is 0.500. The first kappa shape index (κ1) is 14.2. The van der Waals surface area contributed by atoms with Gasteiger partial charge in [0.1, 0.15) is 5.65 Å². The van der Waals surface area contributed by atoms with Gasteiger partial charge in [-0.3, -0.25) is 14.1 Å². The van der Waals surface area contributed by atoms with Crippen LogP contribution in [0, 0.1) is 0 Å². The number of aromatic nitrogens is 2. The minimum atomic E-state index is -0.0358. The Balaban J connectivity index is 1.83. The van der Waals surface area contributed by atoms with Gasteiger partial charge in [0.05, 0.1) is 5.69 Å². The maximum absolute atomic E-state index is 12.1. The Morgan fingerprint density at radius 1 is 1.38 bits per heavy atom. The molecular weight excluding hydrogens is 266 g/mol. The molecule has 0 amide bonds. The highest BCUT2D eigenvalue weighted by atomic mass is 16.3. The van der Waals surface area contributed by atoms with Crippen LogP contribution in [0.2, 0.25) is 0 Å². The second kappa shape index (κ2) is 6.37.